The normalized spacial score (nSPS) is 10.7. The molecular formula is C18H18O3. The Hall–Kier alpha value is -2.55. The first-order chi connectivity index (χ1) is 10.2. The molecule has 0 heterocycles. The fourth-order valence-electron chi connectivity index (χ4n) is 1.95. The van der Waals surface area contributed by atoms with E-state index in [0.29, 0.717) is 17.9 Å². The lowest BCUT2D eigenvalue weighted by Gasteiger charge is -2.08. The highest BCUT2D eigenvalue weighted by atomic mass is 16.5. The second-order valence-electron chi connectivity index (χ2n) is 4.58. The summed E-state index contributed by atoms with van der Waals surface area (Å²) in [6, 6.07) is 13.7. The van der Waals surface area contributed by atoms with Gasteiger partial charge in [0.25, 0.3) is 0 Å². The Labute approximate surface area is 124 Å². The minimum atomic E-state index is -0.200. The van der Waals surface area contributed by atoms with Gasteiger partial charge in [0.15, 0.2) is 5.78 Å². The summed E-state index contributed by atoms with van der Waals surface area (Å²) in [5, 5.41) is 10.0. The molecule has 0 radical (unpaired) electrons. The highest BCUT2D eigenvalue weighted by molar-refractivity contribution is 6.10. The topological polar surface area (TPSA) is 46.5 Å². The molecule has 0 bridgehead atoms. The summed E-state index contributed by atoms with van der Waals surface area (Å²) in [5.41, 5.74) is 0.830. The summed E-state index contributed by atoms with van der Waals surface area (Å²) in [6.45, 7) is 2.49. The molecule has 0 amide bonds. The van der Waals surface area contributed by atoms with E-state index in [9.17, 15) is 9.90 Å². The van der Waals surface area contributed by atoms with Crippen molar-refractivity contribution in [1.29, 1.82) is 0 Å². The lowest BCUT2D eigenvalue weighted by atomic mass is 10.0. The summed E-state index contributed by atoms with van der Waals surface area (Å²) >= 11 is 0. The van der Waals surface area contributed by atoms with Crippen LogP contribution in [0, 0.1) is 0 Å². The molecule has 0 aliphatic rings. The number of carbonyl (C=O) groups is 1. The van der Waals surface area contributed by atoms with Crippen LogP contribution in [0.5, 0.6) is 11.5 Å². The van der Waals surface area contributed by atoms with E-state index in [4.69, 9.17) is 4.74 Å². The van der Waals surface area contributed by atoms with E-state index in [2.05, 4.69) is 0 Å². The molecule has 0 aliphatic heterocycles. The molecule has 0 saturated heterocycles. The number of rotatable bonds is 6. The van der Waals surface area contributed by atoms with Crippen molar-refractivity contribution in [3.8, 4) is 11.5 Å². The van der Waals surface area contributed by atoms with Gasteiger partial charge in [-0.15, -0.1) is 0 Å². The molecule has 108 valence electrons. The highest BCUT2D eigenvalue weighted by Crippen LogP contribution is 2.26. The van der Waals surface area contributed by atoms with Crippen molar-refractivity contribution in [1.82, 2.24) is 0 Å². The monoisotopic (exact) mass is 282 g/mol. The third-order valence-electron chi connectivity index (χ3n) is 3.04. The van der Waals surface area contributed by atoms with Gasteiger partial charge in [-0.3, -0.25) is 4.79 Å². The molecule has 0 atom stereocenters. The maximum absolute atomic E-state index is 12.3. The van der Waals surface area contributed by atoms with Crippen molar-refractivity contribution in [2.75, 3.05) is 6.61 Å². The Kier molecular flexibility index (Phi) is 5.16. The maximum atomic E-state index is 12.3. The molecule has 21 heavy (non-hydrogen) atoms. The van der Waals surface area contributed by atoms with Crippen LogP contribution < -0.4 is 4.74 Å². The Bertz CT molecular complexity index is 630. The number of phenols is 1. The summed E-state index contributed by atoms with van der Waals surface area (Å²) in [4.78, 5) is 12.3. The number of hydrogen-bond acceptors (Lipinski definition) is 3. The van der Waals surface area contributed by atoms with Crippen LogP contribution in [0.3, 0.4) is 0 Å². The van der Waals surface area contributed by atoms with E-state index in [1.807, 2.05) is 25.1 Å². The second kappa shape index (κ2) is 7.29. The Morgan fingerprint density at radius 3 is 2.62 bits per heavy atom. The number of benzene rings is 2. The van der Waals surface area contributed by atoms with E-state index in [1.54, 1.807) is 36.4 Å². The first kappa shape index (κ1) is 14.9. The van der Waals surface area contributed by atoms with Crippen molar-refractivity contribution in [2.45, 2.75) is 13.3 Å². The zero-order valence-electron chi connectivity index (χ0n) is 12.0. The average Bonchev–Trinajstić information content (AvgIpc) is 2.52. The van der Waals surface area contributed by atoms with Crippen molar-refractivity contribution in [3.63, 3.8) is 0 Å². The van der Waals surface area contributed by atoms with Gasteiger partial charge in [-0.25, -0.2) is 0 Å². The number of ketones is 1. The molecule has 2 aromatic rings. The number of allylic oxidation sites excluding steroid dienone is 1. The standard InChI is InChI=1S/C18H18O3/c1-2-3-7-12-21-15-10-11-16(17(19)13-15)18(20)14-8-5-4-6-9-14/h2-6,8-11,13,19H,7,12H2,1H3. The van der Waals surface area contributed by atoms with Gasteiger partial charge in [-0.1, -0.05) is 42.5 Å². The molecule has 1 N–H and O–H groups in total. The minimum absolute atomic E-state index is 0.0626. The van der Waals surface area contributed by atoms with Crippen LogP contribution in [0.1, 0.15) is 29.3 Å². The van der Waals surface area contributed by atoms with Gasteiger partial charge in [0.1, 0.15) is 11.5 Å². The molecule has 0 aromatic heterocycles. The predicted molar refractivity (Wildman–Crippen MR) is 82.9 cm³/mol. The van der Waals surface area contributed by atoms with E-state index in [0.717, 1.165) is 6.42 Å². The summed E-state index contributed by atoms with van der Waals surface area (Å²) in [7, 11) is 0. The molecule has 3 nitrogen and oxygen atoms in total. The molecule has 2 rings (SSSR count). The van der Waals surface area contributed by atoms with Gasteiger partial charge < -0.3 is 9.84 Å². The summed E-state index contributed by atoms with van der Waals surface area (Å²) in [6.07, 6.45) is 4.78. The highest BCUT2D eigenvalue weighted by Gasteiger charge is 2.13. The molecule has 0 saturated carbocycles. The first-order valence-electron chi connectivity index (χ1n) is 6.89. The Morgan fingerprint density at radius 1 is 1.19 bits per heavy atom. The third-order valence-corrected chi connectivity index (χ3v) is 3.04. The summed E-state index contributed by atoms with van der Waals surface area (Å²) < 4.78 is 5.51. The fourth-order valence-corrected chi connectivity index (χ4v) is 1.95. The number of carbonyl (C=O) groups excluding carboxylic acids is 1. The van der Waals surface area contributed by atoms with Crippen LogP contribution in [0.25, 0.3) is 0 Å². The largest absolute Gasteiger partial charge is 0.507 e. The molecule has 0 aliphatic carbocycles. The lowest BCUT2D eigenvalue weighted by molar-refractivity contribution is 0.103. The van der Waals surface area contributed by atoms with Crippen LogP contribution >= 0.6 is 0 Å². The number of hydrogen-bond donors (Lipinski definition) is 1. The van der Waals surface area contributed by atoms with Crippen LogP contribution in [0.15, 0.2) is 60.7 Å². The Balaban J connectivity index is 2.10. The molecule has 3 heteroatoms. The van der Waals surface area contributed by atoms with E-state index < -0.39 is 0 Å². The quantitative estimate of drug-likeness (QED) is 0.495. The van der Waals surface area contributed by atoms with E-state index in [1.165, 1.54) is 6.07 Å². The minimum Gasteiger partial charge on any atom is -0.507 e. The lowest BCUT2D eigenvalue weighted by Crippen LogP contribution is -2.02. The molecular weight excluding hydrogens is 264 g/mol. The van der Waals surface area contributed by atoms with Crippen molar-refractivity contribution < 1.29 is 14.6 Å². The smallest absolute Gasteiger partial charge is 0.196 e. The average molecular weight is 282 g/mol. The number of aromatic hydroxyl groups is 1. The zero-order chi connectivity index (χ0) is 15.1. The molecule has 0 spiro atoms. The van der Waals surface area contributed by atoms with E-state index >= 15 is 0 Å². The van der Waals surface area contributed by atoms with Gasteiger partial charge in [-0.2, -0.15) is 0 Å². The van der Waals surface area contributed by atoms with Crippen molar-refractivity contribution in [3.05, 3.63) is 71.8 Å². The van der Waals surface area contributed by atoms with Gasteiger partial charge >= 0.3 is 0 Å². The van der Waals surface area contributed by atoms with Crippen LogP contribution in [-0.2, 0) is 0 Å². The van der Waals surface area contributed by atoms with Gasteiger partial charge in [0.05, 0.1) is 12.2 Å². The second-order valence-corrected chi connectivity index (χ2v) is 4.58. The van der Waals surface area contributed by atoms with Gasteiger partial charge in [0.2, 0.25) is 0 Å². The number of ether oxygens (including phenoxy) is 1. The molecule has 0 unspecified atom stereocenters. The number of phenolic OH excluding ortho intramolecular Hbond substituents is 1. The molecule has 2 aromatic carbocycles. The third kappa shape index (κ3) is 3.96. The predicted octanol–water partition coefficient (Wildman–Crippen LogP) is 3.97. The molecule has 0 fully saturated rings. The summed E-state index contributed by atoms with van der Waals surface area (Å²) in [5.74, 6) is 0.294. The SMILES string of the molecule is CC=CCCOc1ccc(C(=O)c2ccccc2)c(O)c1. The zero-order valence-corrected chi connectivity index (χ0v) is 12.0. The van der Waals surface area contributed by atoms with Crippen LogP contribution in [0.2, 0.25) is 0 Å². The Morgan fingerprint density at radius 2 is 1.95 bits per heavy atom. The van der Waals surface area contributed by atoms with Crippen molar-refractivity contribution >= 4 is 5.78 Å². The first-order valence-corrected chi connectivity index (χ1v) is 6.89. The van der Waals surface area contributed by atoms with Gasteiger partial charge in [0, 0.05) is 11.6 Å². The maximum Gasteiger partial charge on any atom is 0.196 e. The van der Waals surface area contributed by atoms with Crippen molar-refractivity contribution in [2.24, 2.45) is 0 Å². The van der Waals surface area contributed by atoms with Gasteiger partial charge in [-0.05, 0) is 25.5 Å². The fraction of sp³-hybridized carbons (Fsp3) is 0.167. The van der Waals surface area contributed by atoms with E-state index in [-0.39, 0.29) is 17.1 Å². The van der Waals surface area contributed by atoms with Crippen LogP contribution in [0.4, 0.5) is 0 Å². The van der Waals surface area contributed by atoms with Crippen LogP contribution in [-0.4, -0.2) is 17.5 Å².